The Balaban J connectivity index is 1.54. The van der Waals surface area contributed by atoms with Gasteiger partial charge in [0.15, 0.2) is 0 Å². The largest absolute Gasteiger partial charge is 0.494 e. The number of nitrogens with one attached hydrogen (secondary N) is 1. The zero-order valence-electron chi connectivity index (χ0n) is 21.9. The van der Waals surface area contributed by atoms with Crippen molar-refractivity contribution in [3.8, 4) is 5.75 Å². The van der Waals surface area contributed by atoms with E-state index in [0.717, 1.165) is 72.2 Å². The maximum atomic E-state index is 11.7. The molecular weight excluding hydrogens is 444 g/mol. The van der Waals surface area contributed by atoms with Crippen LogP contribution in [0.2, 0.25) is 0 Å². The number of unbranched alkanes of at least 4 members (excludes halogenated alkanes) is 3. The van der Waals surface area contributed by atoms with Crippen LogP contribution in [0.4, 0.5) is 4.79 Å². The average Bonchev–Trinajstić information content (AvgIpc) is 3.16. The maximum Gasteiger partial charge on any atom is 0.407 e. The Kier molecular flexibility index (Phi) is 9.72. The van der Waals surface area contributed by atoms with Crippen LogP contribution in [0.5, 0.6) is 5.75 Å². The van der Waals surface area contributed by atoms with Crippen molar-refractivity contribution in [2.45, 2.75) is 85.5 Å². The first-order valence-electron chi connectivity index (χ1n) is 12.8. The van der Waals surface area contributed by atoms with Gasteiger partial charge in [-0.05, 0) is 65.2 Å². The van der Waals surface area contributed by atoms with Crippen molar-refractivity contribution < 1.29 is 19.0 Å². The molecule has 2 heterocycles. The third-order valence-electron chi connectivity index (χ3n) is 5.51. The van der Waals surface area contributed by atoms with Gasteiger partial charge < -0.3 is 24.1 Å². The summed E-state index contributed by atoms with van der Waals surface area (Å²) in [5.41, 5.74) is 2.45. The molecule has 3 aromatic rings. The number of rotatable bonds is 13. The summed E-state index contributed by atoms with van der Waals surface area (Å²) in [6.07, 6.45) is 6.45. The second kappa shape index (κ2) is 12.7. The van der Waals surface area contributed by atoms with Gasteiger partial charge in [0.1, 0.15) is 29.3 Å². The molecule has 0 saturated carbocycles. The van der Waals surface area contributed by atoms with Crippen molar-refractivity contribution in [2.75, 3.05) is 19.8 Å². The van der Waals surface area contributed by atoms with E-state index in [1.165, 1.54) is 0 Å². The quantitative estimate of drug-likeness (QED) is 0.300. The van der Waals surface area contributed by atoms with Crippen LogP contribution in [0.1, 0.15) is 72.5 Å². The topological polar surface area (TPSA) is 87.5 Å². The third-order valence-corrected chi connectivity index (χ3v) is 5.51. The van der Waals surface area contributed by atoms with Gasteiger partial charge in [0.2, 0.25) is 0 Å². The van der Waals surface area contributed by atoms with Crippen molar-refractivity contribution in [1.82, 2.24) is 19.9 Å². The van der Waals surface area contributed by atoms with Crippen LogP contribution in [0.15, 0.2) is 24.4 Å². The Morgan fingerprint density at radius 2 is 1.89 bits per heavy atom. The minimum absolute atomic E-state index is 0.356. The predicted octanol–water partition coefficient (Wildman–Crippen LogP) is 5.99. The first kappa shape index (κ1) is 26.7. The minimum atomic E-state index is -0.465. The Bertz CT molecular complexity index is 1100. The summed E-state index contributed by atoms with van der Waals surface area (Å²) in [5.74, 6) is 1.78. The van der Waals surface area contributed by atoms with E-state index in [4.69, 9.17) is 19.2 Å². The first-order chi connectivity index (χ1) is 16.8. The molecule has 8 heteroatoms. The molecule has 0 unspecified atom stereocenters. The van der Waals surface area contributed by atoms with E-state index >= 15 is 0 Å². The van der Waals surface area contributed by atoms with Crippen molar-refractivity contribution in [3.63, 3.8) is 0 Å². The van der Waals surface area contributed by atoms with Crippen molar-refractivity contribution in [2.24, 2.45) is 0 Å². The molecular formula is C27H40N4O4. The lowest BCUT2D eigenvalue weighted by atomic mass is 10.1. The number of pyridine rings is 1. The molecule has 2 aromatic heterocycles. The van der Waals surface area contributed by atoms with Gasteiger partial charge in [-0.3, -0.25) is 4.98 Å². The number of carbonyl (C=O) groups is 1. The minimum Gasteiger partial charge on any atom is -0.494 e. The van der Waals surface area contributed by atoms with Crippen molar-refractivity contribution in [3.05, 3.63) is 30.2 Å². The molecule has 3 rings (SSSR count). The van der Waals surface area contributed by atoms with Gasteiger partial charge in [-0.2, -0.15) is 0 Å². The number of alkyl carbamates (subject to hydrolysis) is 1. The fraction of sp³-hybridized carbons (Fsp3) is 0.593. The summed E-state index contributed by atoms with van der Waals surface area (Å²) < 4.78 is 19.2. The normalized spacial score (nSPS) is 11.8. The van der Waals surface area contributed by atoms with Gasteiger partial charge >= 0.3 is 6.09 Å². The molecule has 0 aliphatic carbocycles. The van der Waals surface area contributed by atoms with Crippen LogP contribution < -0.4 is 10.1 Å². The summed E-state index contributed by atoms with van der Waals surface area (Å²) in [6.45, 7) is 13.1. The van der Waals surface area contributed by atoms with E-state index < -0.39 is 5.60 Å². The number of nitrogens with zero attached hydrogens (tertiary/aromatic N) is 3. The smallest absolute Gasteiger partial charge is 0.407 e. The van der Waals surface area contributed by atoms with Gasteiger partial charge in [-0.1, -0.05) is 19.8 Å². The number of amides is 1. The number of hydrogen-bond donors (Lipinski definition) is 1. The second-order valence-corrected chi connectivity index (χ2v) is 9.68. The molecule has 0 aliphatic rings. The Hall–Kier alpha value is -2.87. The maximum absolute atomic E-state index is 11.7. The number of hydrogen-bond acceptors (Lipinski definition) is 6. The van der Waals surface area contributed by atoms with Gasteiger partial charge in [0.05, 0.1) is 23.8 Å². The molecule has 0 spiro atoms. The molecule has 0 aliphatic heterocycles. The Morgan fingerprint density at radius 1 is 1.09 bits per heavy atom. The highest BCUT2D eigenvalue weighted by Gasteiger charge is 2.16. The summed E-state index contributed by atoms with van der Waals surface area (Å²) in [4.78, 5) is 21.1. The molecule has 0 bridgehead atoms. The zero-order chi connectivity index (χ0) is 25.3. The molecule has 35 heavy (non-hydrogen) atoms. The molecule has 1 amide bonds. The van der Waals surface area contributed by atoms with E-state index in [-0.39, 0.29) is 6.09 Å². The second-order valence-electron chi connectivity index (χ2n) is 9.68. The number of aryl methyl sites for hydroxylation is 1. The van der Waals surface area contributed by atoms with Crippen LogP contribution in [0.25, 0.3) is 21.9 Å². The van der Waals surface area contributed by atoms with Crippen LogP contribution >= 0.6 is 0 Å². The molecule has 0 atom stereocenters. The van der Waals surface area contributed by atoms with E-state index in [1.54, 1.807) is 0 Å². The summed E-state index contributed by atoms with van der Waals surface area (Å²) in [5, 5.41) is 3.85. The lowest BCUT2D eigenvalue weighted by molar-refractivity contribution is 0.0527. The Morgan fingerprint density at radius 3 is 2.63 bits per heavy atom. The lowest BCUT2D eigenvalue weighted by Gasteiger charge is -2.19. The molecule has 192 valence electrons. The zero-order valence-corrected chi connectivity index (χ0v) is 21.9. The van der Waals surface area contributed by atoms with E-state index in [2.05, 4.69) is 27.9 Å². The highest BCUT2D eigenvalue weighted by molar-refractivity contribution is 6.02. The van der Waals surface area contributed by atoms with E-state index in [1.807, 2.05) is 46.0 Å². The third kappa shape index (κ3) is 7.82. The monoisotopic (exact) mass is 484 g/mol. The van der Waals surface area contributed by atoms with Gasteiger partial charge in [0.25, 0.3) is 0 Å². The molecule has 0 radical (unpaired) electrons. The summed E-state index contributed by atoms with van der Waals surface area (Å²) in [6, 6.07) is 6.07. The van der Waals surface area contributed by atoms with Crippen molar-refractivity contribution >= 4 is 28.0 Å². The number of benzene rings is 1. The molecule has 1 aromatic carbocycles. The van der Waals surface area contributed by atoms with Gasteiger partial charge in [-0.25, -0.2) is 9.78 Å². The number of carbonyl (C=O) groups excluding carboxylic acids is 1. The Labute approximate surface area is 208 Å². The predicted molar refractivity (Wildman–Crippen MR) is 139 cm³/mol. The average molecular weight is 485 g/mol. The molecule has 0 fully saturated rings. The lowest BCUT2D eigenvalue weighted by Crippen LogP contribution is -2.32. The van der Waals surface area contributed by atoms with Crippen LogP contribution in [-0.2, 0) is 22.6 Å². The highest BCUT2D eigenvalue weighted by atomic mass is 16.6. The standard InChI is InChI=1S/C27H40N4O4/c1-6-15-31-24(19-33-7-2)30-23-18-29-22-13-12-20(17-21(22)25(23)31)34-16-11-9-8-10-14-28-26(32)35-27(3,4)5/h12-13,17-18H,6-11,14-16,19H2,1-5H3,(H,28,32). The number of imidazole rings is 1. The summed E-state index contributed by atoms with van der Waals surface area (Å²) in [7, 11) is 0. The van der Waals surface area contributed by atoms with Crippen LogP contribution in [-0.4, -0.2) is 46.0 Å². The van der Waals surface area contributed by atoms with Crippen LogP contribution in [0, 0.1) is 0 Å². The fourth-order valence-corrected chi connectivity index (χ4v) is 3.97. The first-order valence-corrected chi connectivity index (χ1v) is 12.8. The number of fused-ring (bicyclic) bond motifs is 3. The number of aromatic nitrogens is 3. The van der Waals surface area contributed by atoms with E-state index in [0.29, 0.717) is 26.4 Å². The SMILES string of the molecule is CCCn1c(COCC)nc2cnc3ccc(OCCCCCCNC(=O)OC(C)(C)C)cc3c21. The number of ether oxygens (including phenoxy) is 3. The molecule has 0 saturated heterocycles. The summed E-state index contributed by atoms with van der Waals surface area (Å²) >= 11 is 0. The highest BCUT2D eigenvalue weighted by Crippen LogP contribution is 2.29. The fourth-order valence-electron chi connectivity index (χ4n) is 3.97. The van der Waals surface area contributed by atoms with Crippen molar-refractivity contribution in [1.29, 1.82) is 0 Å². The van der Waals surface area contributed by atoms with Gasteiger partial charge in [0, 0.05) is 25.1 Å². The van der Waals surface area contributed by atoms with Crippen LogP contribution in [0.3, 0.4) is 0 Å². The molecule has 1 N–H and O–H groups in total. The molecule has 8 nitrogen and oxygen atoms in total. The van der Waals surface area contributed by atoms with Gasteiger partial charge in [-0.15, -0.1) is 0 Å². The van der Waals surface area contributed by atoms with E-state index in [9.17, 15) is 4.79 Å².